The molecule has 2 rings (SSSR count). The van der Waals surface area contributed by atoms with Crippen LogP contribution in [0.1, 0.15) is 25.7 Å². The molecule has 0 spiro atoms. The lowest BCUT2D eigenvalue weighted by Gasteiger charge is -2.29. The van der Waals surface area contributed by atoms with E-state index in [0.29, 0.717) is 30.8 Å². The van der Waals surface area contributed by atoms with E-state index in [1.165, 1.54) is 0 Å². The maximum Gasteiger partial charge on any atom is 0.334 e. The number of hydrogen-bond acceptors (Lipinski definition) is 7. The Kier molecular flexibility index (Phi) is 5.80. The van der Waals surface area contributed by atoms with E-state index < -0.39 is 48.2 Å². The highest BCUT2D eigenvalue weighted by molar-refractivity contribution is 6.13. The number of nitrogens with zero attached hydrogens (tertiary/aromatic N) is 1. The summed E-state index contributed by atoms with van der Waals surface area (Å²) in [7, 11) is 0. The molecule has 0 aromatic rings. The van der Waals surface area contributed by atoms with Gasteiger partial charge in [0.15, 0.2) is 11.8 Å². The number of Topliss-reactive ketones (excluding diaryl/α,β-unsaturated/α-hetero) is 1. The summed E-state index contributed by atoms with van der Waals surface area (Å²) < 4.78 is 0. The number of amides is 2. The number of hydrogen-bond donors (Lipinski definition) is 4. The molecule has 0 saturated carbocycles. The first-order chi connectivity index (χ1) is 11.0. The Bertz CT molecular complexity index is 497. The van der Waals surface area contributed by atoms with Gasteiger partial charge in [-0.15, -0.1) is 0 Å². The molecule has 3 unspecified atom stereocenters. The van der Waals surface area contributed by atoms with E-state index in [-0.39, 0.29) is 0 Å². The van der Waals surface area contributed by atoms with Gasteiger partial charge in [0.1, 0.15) is 0 Å². The minimum atomic E-state index is -1.84. The first kappa shape index (κ1) is 17.5. The zero-order valence-electron chi connectivity index (χ0n) is 12.8. The smallest absolute Gasteiger partial charge is 0.334 e. The fourth-order valence-electron chi connectivity index (χ4n) is 3.03. The van der Waals surface area contributed by atoms with Gasteiger partial charge >= 0.3 is 5.97 Å². The number of aliphatic carboxylic acids is 1. The predicted molar refractivity (Wildman–Crippen MR) is 79.4 cm³/mol. The van der Waals surface area contributed by atoms with E-state index in [4.69, 9.17) is 5.73 Å². The molecule has 2 heterocycles. The molecule has 2 amide bonds. The van der Waals surface area contributed by atoms with Crippen LogP contribution in [0, 0.1) is 0 Å². The molecule has 2 aliphatic heterocycles. The monoisotopic (exact) mass is 326 g/mol. The summed E-state index contributed by atoms with van der Waals surface area (Å²) in [5, 5.41) is 15.3. The fraction of sp³-hybridized carbons (Fsp3) is 0.714. The summed E-state index contributed by atoms with van der Waals surface area (Å²) in [4.78, 5) is 49.3. The molecule has 128 valence electrons. The minimum absolute atomic E-state index is 0.489. The molecule has 0 bridgehead atoms. The average Bonchev–Trinajstić information content (AvgIpc) is 3.23. The molecule has 2 aliphatic rings. The van der Waals surface area contributed by atoms with Crippen LogP contribution in [0.15, 0.2) is 0 Å². The number of carbonyl (C=O) groups excluding carboxylic acids is 3. The van der Waals surface area contributed by atoms with Gasteiger partial charge in [-0.05, 0) is 38.8 Å². The molecule has 0 aromatic carbocycles. The molecule has 3 atom stereocenters. The van der Waals surface area contributed by atoms with Gasteiger partial charge in [0.25, 0.3) is 0 Å². The number of nitrogens with two attached hydrogens (primary N) is 1. The number of imide groups is 1. The van der Waals surface area contributed by atoms with Gasteiger partial charge in [-0.25, -0.2) is 4.79 Å². The molecule has 2 saturated heterocycles. The Morgan fingerprint density at radius 2 is 1.65 bits per heavy atom. The topological polar surface area (TPSA) is 142 Å². The Labute approximate surface area is 133 Å². The number of carbonyl (C=O) groups is 4. The van der Waals surface area contributed by atoms with E-state index in [1.54, 1.807) is 0 Å². The van der Waals surface area contributed by atoms with E-state index in [1.807, 2.05) is 0 Å². The molecule has 23 heavy (non-hydrogen) atoms. The molecule has 9 nitrogen and oxygen atoms in total. The highest BCUT2D eigenvalue weighted by Gasteiger charge is 2.44. The first-order valence-electron chi connectivity index (χ1n) is 7.76. The second kappa shape index (κ2) is 7.62. The van der Waals surface area contributed by atoms with Crippen LogP contribution < -0.4 is 16.4 Å². The van der Waals surface area contributed by atoms with Crippen LogP contribution in [0.4, 0.5) is 0 Å². The van der Waals surface area contributed by atoms with Crippen molar-refractivity contribution in [1.29, 1.82) is 0 Å². The van der Waals surface area contributed by atoms with Crippen molar-refractivity contribution in [2.75, 3.05) is 19.6 Å². The molecule has 0 radical (unpaired) electrons. The van der Waals surface area contributed by atoms with E-state index in [9.17, 15) is 24.3 Å². The molecular formula is C14H22N4O5. The van der Waals surface area contributed by atoms with E-state index in [2.05, 4.69) is 10.6 Å². The number of ketones is 1. The first-order valence-corrected chi connectivity index (χ1v) is 7.76. The van der Waals surface area contributed by atoms with Gasteiger partial charge in [-0.3, -0.25) is 19.3 Å². The Morgan fingerprint density at radius 3 is 2.09 bits per heavy atom. The third-order valence-corrected chi connectivity index (χ3v) is 4.20. The maximum atomic E-state index is 12.6. The number of carboxylic acids is 1. The van der Waals surface area contributed by atoms with Crippen molar-refractivity contribution >= 4 is 23.6 Å². The highest BCUT2D eigenvalue weighted by Crippen LogP contribution is 2.16. The van der Waals surface area contributed by atoms with E-state index >= 15 is 0 Å². The molecule has 0 aromatic heterocycles. The van der Waals surface area contributed by atoms with Crippen LogP contribution in [0.2, 0.25) is 0 Å². The molecule has 0 aliphatic carbocycles. The quantitative estimate of drug-likeness (QED) is 0.404. The zero-order valence-corrected chi connectivity index (χ0v) is 12.8. The lowest BCUT2D eigenvalue weighted by atomic mass is 10.0. The lowest BCUT2D eigenvalue weighted by molar-refractivity contribution is -0.162. The van der Waals surface area contributed by atoms with Crippen LogP contribution in [0.5, 0.6) is 0 Å². The predicted octanol–water partition coefficient (Wildman–Crippen LogP) is -2.17. The summed E-state index contributed by atoms with van der Waals surface area (Å²) >= 11 is 0. The van der Waals surface area contributed by atoms with Crippen molar-refractivity contribution in [3.8, 4) is 0 Å². The fourth-order valence-corrected chi connectivity index (χ4v) is 3.03. The van der Waals surface area contributed by atoms with Gasteiger partial charge < -0.3 is 21.5 Å². The van der Waals surface area contributed by atoms with Gasteiger partial charge in [0, 0.05) is 0 Å². The molecule has 5 N–H and O–H groups in total. The average molecular weight is 326 g/mol. The largest absolute Gasteiger partial charge is 0.479 e. The third-order valence-electron chi connectivity index (χ3n) is 4.20. The number of rotatable bonds is 6. The van der Waals surface area contributed by atoms with Crippen LogP contribution in [0.25, 0.3) is 0 Å². The second-order valence-corrected chi connectivity index (χ2v) is 5.75. The van der Waals surface area contributed by atoms with Crippen LogP contribution >= 0.6 is 0 Å². The molecule has 9 heteroatoms. The van der Waals surface area contributed by atoms with Crippen LogP contribution in [-0.4, -0.2) is 71.3 Å². The summed E-state index contributed by atoms with van der Waals surface area (Å²) in [5.41, 5.74) is 5.32. The maximum absolute atomic E-state index is 12.6. The van der Waals surface area contributed by atoms with Crippen molar-refractivity contribution < 1.29 is 24.3 Å². The van der Waals surface area contributed by atoms with Gasteiger partial charge in [-0.1, -0.05) is 0 Å². The molecule has 2 fully saturated rings. The van der Waals surface area contributed by atoms with Gasteiger partial charge in [0.2, 0.25) is 11.8 Å². The zero-order chi connectivity index (χ0) is 17.0. The van der Waals surface area contributed by atoms with Gasteiger partial charge in [-0.2, -0.15) is 0 Å². The Morgan fingerprint density at radius 1 is 1.09 bits per heavy atom. The second-order valence-electron chi connectivity index (χ2n) is 5.75. The Balaban J connectivity index is 2.28. The highest BCUT2D eigenvalue weighted by atomic mass is 16.4. The normalized spacial score (nSPS) is 25.1. The van der Waals surface area contributed by atoms with Crippen molar-refractivity contribution in [2.45, 2.75) is 43.8 Å². The van der Waals surface area contributed by atoms with Gasteiger partial charge in [0.05, 0.1) is 18.6 Å². The number of carboxylic acid groups (broad SMARTS) is 1. The standard InChI is InChI=1S/C14H22N4O5/c15-7-10(19)18(13(21)9-4-2-6-17-9)11(14(22)23)12(20)8-3-1-5-16-8/h8-9,11,16-17H,1-7,15H2,(H,22,23). The van der Waals surface area contributed by atoms with E-state index in [0.717, 1.165) is 12.8 Å². The summed E-state index contributed by atoms with van der Waals surface area (Å²) in [6.07, 6.45) is 2.47. The summed E-state index contributed by atoms with van der Waals surface area (Å²) in [6.45, 7) is 0.677. The summed E-state index contributed by atoms with van der Waals surface area (Å²) in [6, 6.07) is -3.15. The third kappa shape index (κ3) is 3.74. The van der Waals surface area contributed by atoms with Crippen molar-refractivity contribution in [1.82, 2.24) is 15.5 Å². The van der Waals surface area contributed by atoms with Crippen molar-refractivity contribution in [3.05, 3.63) is 0 Å². The van der Waals surface area contributed by atoms with Crippen LogP contribution in [0.3, 0.4) is 0 Å². The number of nitrogens with one attached hydrogen (secondary N) is 2. The molecular weight excluding hydrogens is 304 g/mol. The SMILES string of the molecule is NCC(=O)N(C(=O)C1CCCN1)C(C(=O)O)C(=O)C1CCCN1. The Hall–Kier alpha value is -1.84. The van der Waals surface area contributed by atoms with Crippen LogP contribution in [-0.2, 0) is 19.2 Å². The summed E-state index contributed by atoms with van der Waals surface area (Å²) in [5.74, 6) is -3.75. The minimum Gasteiger partial charge on any atom is -0.479 e. The van der Waals surface area contributed by atoms with Crippen molar-refractivity contribution in [3.63, 3.8) is 0 Å². The van der Waals surface area contributed by atoms with Crippen molar-refractivity contribution in [2.24, 2.45) is 5.73 Å². The lowest BCUT2D eigenvalue weighted by Crippen LogP contribution is -2.60.